The minimum Gasteiger partial charge on any atom is -0.493 e. The van der Waals surface area contributed by atoms with Gasteiger partial charge in [-0.2, -0.15) is 0 Å². The number of carbonyl (C=O) groups is 2. The van der Waals surface area contributed by atoms with Gasteiger partial charge in [-0.05, 0) is 64.5 Å². The lowest BCUT2D eigenvalue weighted by atomic mass is 10.1. The number of amides is 2. The van der Waals surface area contributed by atoms with Crippen LogP contribution in [0.25, 0.3) is 16.8 Å². The molecule has 8 heteroatoms. The average Bonchev–Trinajstić information content (AvgIpc) is 3.23. The number of fused-ring (bicyclic) bond motifs is 1. The summed E-state index contributed by atoms with van der Waals surface area (Å²) in [6.07, 6.45) is 1.70. The van der Waals surface area contributed by atoms with Gasteiger partial charge in [0.05, 0.1) is 25.2 Å². The van der Waals surface area contributed by atoms with Crippen LogP contribution in [-0.2, 0) is 4.79 Å². The van der Waals surface area contributed by atoms with Crippen molar-refractivity contribution in [2.24, 2.45) is 0 Å². The first-order valence-corrected chi connectivity index (χ1v) is 14.3. The van der Waals surface area contributed by atoms with Crippen molar-refractivity contribution in [3.05, 3.63) is 101 Å². The molecule has 0 aliphatic carbocycles. The van der Waals surface area contributed by atoms with Crippen molar-refractivity contribution in [1.29, 1.82) is 0 Å². The van der Waals surface area contributed by atoms with E-state index in [1.54, 1.807) is 31.0 Å². The molecule has 0 aromatic heterocycles. The van der Waals surface area contributed by atoms with Crippen LogP contribution in [0.4, 0.5) is 4.79 Å². The van der Waals surface area contributed by atoms with Crippen LogP contribution in [0.2, 0.25) is 0 Å². The SMILES string of the molecule is COc1cc(/C=C2\SC(=O)N(CCOc3ccccc3)C2=O)ccc1OCCSc1cccc2ccccc12. The molecule has 1 saturated heterocycles. The number of imide groups is 1. The summed E-state index contributed by atoms with van der Waals surface area (Å²) in [5.41, 5.74) is 0.746. The van der Waals surface area contributed by atoms with Gasteiger partial charge in [-0.25, -0.2) is 0 Å². The lowest BCUT2D eigenvalue weighted by Crippen LogP contribution is -2.32. The second-order valence-corrected chi connectivity index (χ2v) is 10.7. The summed E-state index contributed by atoms with van der Waals surface area (Å²) in [6.45, 7) is 0.922. The fraction of sp³-hybridized carbons (Fsp3) is 0.161. The summed E-state index contributed by atoms with van der Waals surface area (Å²) in [7, 11) is 1.58. The first kappa shape index (κ1) is 26.7. The van der Waals surface area contributed by atoms with Gasteiger partial charge in [0.2, 0.25) is 0 Å². The molecule has 1 aliphatic heterocycles. The quantitative estimate of drug-likeness (QED) is 0.110. The van der Waals surface area contributed by atoms with Gasteiger partial charge in [0.25, 0.3) is 11.1 Å². The fourth-order valence-electron chi connectivity index (χ4n) is 4.13. The van der Waals surface area contributed by atoms with Gasteiger partial charge >= 0.3 is 0 Å². The van der Waals surface area contributed by atoms with Crippen molar-refractivity contribution in [3.8, 4) is 17.2 Å². The summed E-state index contributed by atoms with van der Waals surface area (Å²) in [4.78, 5) is 28.1. The average molecular weight is 558 g/mol. The van der Waals surface area contributed by atoms with Gasteiger partial charge in [-0.15, -0.1) is 11.8 Å². The van der Waals surface area contributed by atoms with Crippen LogP contribution in [0.1, 0.15) is 5.56 Å². The van der Waals surface area contributed by atoms with E-state index >= 15 is 0 Å². The molecule has 4 aromatic rings. The molecule has 0 unspecified atom stereocenters. The number of nitrogens with zero attached hydrogens (tertiary/aromatic N) is 1. The van der Waals surface area contributed by atoms with Crippen molar-refractivity contribution in [1.82, 2.24) is 4.90 Å². The number of hydrogen-bond acceptors (Lipinski definition) is 7. The van der Waals surface area contributed by atoms with Crippen molar-refractivity contribution in [2.75, 3.05) is 32.6 Å². The smallest absolute Gasteiger partial charge is 0.293 e. The molecule has 2 amide bonds. The van der Waals surface area contributed by atoms with Crippen LogP contribution in [0, 0.1) is 0 Å². The van der Waals surface area contributed by atoms with E-state index in [2.05, 4.69) is 36.4 Å². The van der Waals surface area contributed by atoms with E-state index in [1.165, 1.54) is 20.6 Å². The zero-order valence-electron chi connectivity index (χ0n) is 21.4. The zero-order valence-corrected chi connectivity index (χ0v) is 23.0. The summed E-state index contributed by atoms with van der Waals surface area (Å²) < 4.78 is 17.2. The highest BCUT2D eigenvalue weighted by Crippen LogP contribution is 2.35. The minimum atomic E-state index is -0.327. The fourth-order valence-corrected chi connectivity index (χ4v) is 5.90. The predicted molar refractivity (Wildman–Crippen MR) is 158 cm³/mol. The molecule has 1 aliphatic rings. The van der Waals surface area contributed by atoms with Crippen LogP contribution < -0.4 is 14.2 Å². The highest BCUT2D eigenvalue weighted by Gasteiger charge is 2.34. The second-order valence-electron chi connectivity index (χ2n) is 8.58. The molecular formula is C31H27NO5S2. The molecule has 0 bridgehead atoms. The maximum atomic E-state index is 12.9. The van der Waals surface area contributed by atoms with Crippen LogP contribution in [0.3, 0.4) is 0 Å². The Morgan fingerprint density at radius 3 is 2.49 bits per heavy atom. The molecule has 0 atom stereocenters. The molecule has 0 N–H and O–H groups in total. The zero-order chi connectivity index (χ0) is 27.0. The minimum absolute atomic E-state index is 0.184. The topological polar surface area (TPSA) is 65.1 Å². The predicted octanol–water partition coefficient (Wildman–Crippen LogP) is 7.13. The summed E-state index contributed by atoms with van der Waals surface area (Å²) >= 11 is 2.67. The Balaban J connectivity index is 1.17. The number of thioether (sulfide) groups is 2. The van der Waals surface area contributed by atoms with Crippen molar-refractivity contribution in [2.45, 2.75) is 4.90 Å². The number of rotatable bonds is 11. The summed E-state index contributed by atoms with van der Waals surface area (Å²) in [5.74, 6) is 2.33. The molecule has 4 aromatic carbocycles. The number of benzene rings is 4. The third kappa shape index (κ3) is 6.58. The van der Waals surface area contributed by atoms with Crippen molar-refractivity contribution in [3.63, 3.8) is 0 Å². The maximum Gasteiger partial charge on any atom is 0.293 e. The third-order valence-electron chi connectivity index (χ3n) is 6.03. The van der Waals surface area contributed by atoms with E-state index in [4.69, 9.17) is 14.2 Å². The molecule has 198 valence electrons. The Bertz CT molecular complexity index is 1500. The van der Waals surface area contributed by atoms with Gasteiger partial charge < -0.3 is 14.2 Å². The van der Waals surface area contributed by atoms with Gasteiger partial charge in [0.1, 0.15) is 12.4 Å². The van der Waals surface area contributed by atoms with E-state index < -0.39 is 0 Å². The Morgan fingerprint density at radius 1 is 0.846 bits per heavy atom. The van der Waals surface area contributed by atoms with Crippen LogP contribution in [0.5, 0.6) is 17.2 Å². The number of methoxy groups -OCH3 is 1. The Labute approximate surface area is 235 Å². The van der Waals surface area contributed by atoms with Gasteiger partial charge in [-0.1, -0.05) is 60.7 Å². The molecule has 0 spiro atoms. The molecule has 1 heterocycles. The van der Waals surface area contributed by atoms with Crippen molar-refractivity contribution < 1.29 is 23.8 Å². The Kier molecular flexibility index (Phi) is 8.75. The first-order valence-electron chi connectivity index (χ1n) is 12.5. The van der Waals surface area contributed by atoms with Gasteiger partial charge in [0.15, 0.2) is 11.5 Å². The Hall–Kier alpha value is -3.88. The highest BCUT2D eigenvalue weighted by atomic mass is 32.2. The number of hydrogen-bond donors (Lipinski definition) is 0. The molecular weight excluding hydrogens is 530 g/mol. The second kappa shape index (κ2) is 12.8. The number of para-hydroxylation sites is 1. The lowest BCUT2D eigenvalue weighted by Gasteiger charge is -2.13. The van der Waals surface area contributed by atoms with Crippen molar-refractivity contribution >= 4 is 51.5 Å². The Morgan fingerprint density at radius 2 is 1.64 bits per heavy atom. The van der Waals surface area contributed by atoms with Crippen LogP contribution in [0.15, 0.2) is 101 Å². The monoisotopic (exact) mass is 557 g/mol. The first-order chi connectivity index (χ1) is 19.1. The molecule has 0 radical (unpaired) electrons. The molecule has 1 fully saturated rings. The van der Waals surface area contributed by atoms with Crippen LogP contribution >= 0.6 is 23.5 Å². The normalized spacial score (nSPS) is 14.3. The molecule has 39 heavy (non-hydrogen) atoms. The van der Waals surface area contributed by atoms with E-state index in [1.807, 2.05) is 48.5 Å². The van der Waals surface area contributed by atoms with Crippen LogP contribution in [-0.4, -0.2) is 48.7 Å². The molecule has 0 saturated carbocycles. The maximum absolute atomic E-state index is 12.9. The standard InChI is InChI=1S/C31H27NO5S2/c1-35-27-20-22(21-29-30(33)32(31(34)39-29)16-17-36-24-10-3-2-4-11-24)14-15-26(27)37-18-19-38-28-13-7-9-23-8-5-6-12-25(23)28/h2-15,20-21H,16-19H2,1H3/b29-21-. The van der Waals surface area contributed by atoms with E-state index in [-0.39, 0.29) is 24.3 Å². The summed E-state index contributed by atoms with van der Waals surface area (Å²) in [6, 6.07) is 29.4. The van der Waals surface area contributed by atoms with E-state index in [0.717, 1.165) is 23.1 Å². The highest BCUT2D eigenvalue weighted by molar-refractivity contribution is 8.18. The number of carbonyl (C=O) groups excluding carboxylic acids is 2. The van der Waals surface area contributed by atoms with E-state index in [0.29, 0.717) is 28.8 Å². The molecule has 6 nitrogen and oxygen atoms in total. The third-order valence-corrected chi connectivity index (χ3v) is 7.98. The van der Waals surface area contributed by atoms with E-state index in [9.17, 15) is 9.59 Å². The largest absolute Gasteiger partial charge is 0.493 e. The molecule has 5 rings (SSSR count). The van der Waals surface area contributed by atoms with Gasteiger partial charge in [-0.3, -0.25) is 14.5 Å². The lowest BCUT2D eigenvalue weighted by molar-refractivity contribution is -0.123. The summed E-state index contributed by atoms with van der Waals surface area (Å²) in [5, 5.41) is 2.15. The number of ether oxygens (including phenoxy) is 3. The van der Waals surface area contributed by atoms with Gasteiger partial charge in [0, 0.05) is 10.6 Å².